The summed E-state index contributed by atoms with van der Waals surface area (Å²) in [5.74, 6) is 1.16. The Morgan fingerprint density at radius 2 is 2.03 bits per heavy atom. The van der Waals surface area contributed by atoms with Crippen LogP contribution >= 0.6 is 23.2 Å². The maximum absolute atomic E-state index is 12.8. The number of nitrogens with zero attached hydrogens (tertiary/aromatic N) is 2. The predicted molar refractivity (Wildman–Crippen MR) is 133 cm³/mol. The summed E-state index contributed by atoms with van der Waals surface area (Å²) in [6, 6.07) is 12.7. The summed E-state index contributed by atoms with van der Waals surface area (Å²) in [6.07, 6.45) is 10.5. The summed E-state index contributed by atoms with van der Waals surface area (Å²) in [7, 11) is 0. The molecule has 8 heteroatoms. The fourth-order valence-electron chi connectivity index (χ4n) is 4.00. The maximum atomic E-state index is 12.8. The molecule has 3 aromatic rings. The summed E-state index contributed by atoms with van der Waals surface area (Å²) >= 11 is 12.4. The minimum atomic E-state index is -0.201. The van der Waals surface area contributed by atoms with Crippen molar-refractivity contribution in [2.75, 3.05) is 16.0 Å². The Balaban J connectivity index is 1.49. The van der Waals surface area contributed by atoms with Crippen molar-refractivity contribution in [3.05, 3.63) is 93.8 Å². The van der Waals surface area contributed by atoms with Gasteiger partial charge in [-0.3, -0.25) is 4.79 Å². The van der Waals surface area contributed by atoms with Crippen molar-refractivity contribution in [2.24, 2.45) is 5.92 Å². The van der Waals surface area contributed by atoms with Gasteiger partial charge in [0, 0.05) is 27.7 Å². The Morgan fingerprint density at radius 3 is 2.91 bits per heavy atom. The number of halogens is 2. The number of benzene rings is 2. The first-order valence-electron chi connectivity index (χ1n) is 10.7. The highest BCUT2D eigenvalue weighted by atomic mass is 35.5. The first-order chi connectivity index (χ1) is 16.0. The van der Waals surface area contributed by atoms with Gasteiger partial charge in [-0.25, -0.2) is 4.98 Å². The van der Waals surface area contributed by atoms with E-state index in [1.54, 1.807) is 30.5 Å². The number of carbonyl (C=O) groups excluding carboxylic acids is 1. The van der Waals surface area contributed by atoms with Crippen LogP contribution in [0, 0.1) is 5.92 Å². The second-order valence-corrected chi connectivity index (χ2v) is 8.90. The van der Waals surface area contributed by atoms with Crippen LogP contribution in [0.3, 0.4) is 0 Å². The van der Waals surface area contributed by atoms with Crippen molar-refractivity contribution in [3.8, 4) is 0 Å². The normalized spacial score (nSPS) is 16.8. The van der Waals surface area contributed by atoms with Gasteiger partial charge in [-0.2, -0.15) is 4.98 Å². The van der Waals surface area contributed by atoms with Gasteiger partial charge >= 0.3 is 0 Å². The average Bonchev–Trinajstić information content (AvgIpc) is 2.81. The average molecular weight is 478 g/mol. The monoisotopic (exact) mass is 477 g/mol. The number of hydrogen-bond donors (Lipinski definition) is 3. The van der Waals surface area contributed by atoms with E-state index in [2.05, 4.69) is 38.1 Å². The molecule has 2 aliphatic rings. The van der Waals surface area contributed by atoms with E-state index < -0.39 is 0 Å². The highest BCUT2D eigenvalue weighted by Crippen LogP contribution is 2.31. The maximum Gasteiger partial charge on any atom is 0.255 e. The molecule has 0 saturated carbocycles. The molecule has 1 unspecified atom stereocenters. The van der Waals surface area contributed by atoms with E-state index in [-0.39, 0.29) is 5.91 Å². The summed E-state index contributed by atoms with van der Waals surface area (Å²) in [5, 5.41) is 10.6. The van der Waals surface area contributed by atoms with Crippen molar-refractivity contribution in [2.45, 2.75) is 19.3 Å². The molecule has 1 aliphatic carbocycles. The summed E-state index contributed by atoms with van der Waals surface area (Å²) in [5.41, 5.74) is 4.18. The van der Waals surface area contributed by atoms with E-state index in [1.165, 1.54) is 0 Å². The number of amides is 1. The van der Waals surface area contributed by atoms with Crippen molar-refractivity contribution < 1.29 is 4.79 Å². The van der Waals surface area contributed by atoms with Gasteiger partial charge in [-0.15, -0.1) is 0 Å². The highest BCUT2D eigenvalue weighted by molar-refractivity contribution is 6.33. The van der Waals surface area contributed by atoms with Gasteiger partial charge in [-0.1, -0.05) is 41.4 Å². The zero-order valence-electron chi connectivity index (χ0n) is 17.6. The van der Waals surface area contributed by atoms with Gasteiger partial charge in [0.05, 0.1) is 6.20 Å². The molecule has 1 amide bonds. The molecule has 1 aromatic heterocycles. The topological polar surface area (TPSA) is 78.9 Å². The molecule has 1 aliphatic heterocycles. The van der Waals surface area contributed by atoms with Crippen LogP contribution in [0.15, 0.2) is 72.6 Å². The first kappa shape index (κ1) is 21.5. The lowest BCUT2D eigenvalue weighted by atomic mass is 9.91. The van der Waals surface area contributed by atoms with E-state index in [4.69, 9.17) is 23.2 Å². The van der Waals surface area contributed by atoms with Crippen LogP contribution in [0.5, 0.6) is 0 Å². The van der Waals surface area contributed by atoms with Crippen molar-refractivity contribution >= 4 is 52.3 Å². The Morgan fingerprint density at radius 1 is 1.12 bits per heavy atom. The van der Waals surface area contributed by atoms with Crippen LogP contribution in [-0.4, -0.2) is 15.9 Å². The second-order valence-electron chi connectivity index (χ2n) is 8.06. The van der Waals surface area contributed by atoms with E-state index in [9.17, 15) is 4.79 Å². The molecule has 2 heterocycles. The van der Waals surface area contributed by atoms with Crippen LogP contribution in [-0.2, 0) is 6.42 Å². The van der Waals surface area contributed by atoms with Gasteiger partial charge in [0.1, 0.15) is 5.02 Å². The van der Waals surface area contributed by atoms with Gasteiger partial charge in [-0.05, 0) is 73.2 Å². The highest BCUT2D eigenvalue weighted by Gasteiger charge is 2.17. The Bertz CT molecular complexity index is 1290. The molecule has 3 N–H and O–H groups in total. The third-order valence-corrected chi connectivity index (χ3v) is 6.18. The lowest BCUT2D eigenvalue weighted by molar-refractivity contribution is 0.102. The van der Waals surface area contributed by atoms with Crippen molar-refractivity contribution in [3.63, 3.8) is 0 Å². The number of nitrogens with one attached hydrogen (secondary N) is 3. The van der Waals surface area contributed by atoms with Gasteiger partial charge in [0.15, 0.2) is 5.82 Å². The number of aryl methyl sites for hydroxylation is 1. The number of fused-ring (bicyclic) bond motifs is 6. The fraction of sp³-hybridized carbons (Fsp3) is 0.160. The molecular formula is C25H21Cl2N5O. The lowest BCUT2D eigenvalue weighted by Gasteiger charge is -2.20. The molecule has 6 nitrogen and oxygen atoms in total. The van der Waals surface area contributed by atoms with Crippen LogP contribution in [0.1, 0.15) is 28.8 Å². The van der Waals surface area contributed by atoms with Crippen molar-refractivity contribution in [1.82, 2.24) is 9.97 Å². The Hall–Kier alpha value is -3.35. The standard InChI is InChI=1S/C25H21Cl2N5O/c26-18-5-2-4-17(12-18)24(33)31-22-10-9-20-13-16(22)8-7-15-3-1-6-19(11-15)30-25-28-14-21(27)23(29-20)32-25/h1-6,9-10,12-15H,7-8,11H2,(H,31,33)(H2,28,29,30,32). The van der Waals surface area contributed by atoms with E-state index >= 15 is 0 Å². The Labute approximate surface area is 201 Å². The molecule has 0 radical (unpaired) electrons. The number of rotatable bonds is 2. The van der Waals surface area contributed by atoms with Crippen LogP contribution in [0.2, 0.25) is 10.0 Å². The zero-order valence-corrected chi connectivity index (χ0v) is 19.1. The molecule has 0 saturated heterocycles. The smallest absolute Gasteiger partial charge is 0.255 e. The van der Waals surface area contributed by atoms with Crippen LogP contribution in [0.25, 0.3) is 0 Å². The third kappa shape index (κ3) is 5.02. The molecule has 0 fully saturated rings. The van der Waals surface area contributed by atoms with Gasteiger partial charge in [0.25, 0.3) is 5.91 Å². The third-order valence-electron chi connectivity index (χ3n) is 5.67. The van der Waals surface area contributed by atoms with E-state index in [0.29, 0.717) is 33.3 Å². The molecule has 33 heavy (non-hydrogen) atoms. The fourth-order valence-corrected chi connectivity index (χ4v) is 4.33. The van der Waals surface area contributed by atoms with Gasteiger partial charge in [0.2, 0.25) is 5.95 Å². The summed E-state index contributed by atoms with van der Waals surface area (Å²) in [4.78, 5) is 21.7. The largest absolute Gasteiger partial charge is 0.339 e. The second kappa shape index (κ2) is 9.25. The molecule has 166 valence electrons. The predicted octanol–water partition coefficient (Wildman–Crippen LogP) is 6.60. The zero-order chi connectivity index (χ0) is 22.8. The number of hydrogen-bond acceptors (Lipinski definition) is 5. The van der Waals surface area contributed by atoms with E-state index in [1.807, 2.05) is 24.3 Å². The lowest BCUT2D eigenvalue weighted by Crippen LogP contribution is -2.14. The number of carbonyl (C=O) groups is 1. The van der Waals surface area contributed by atoms with Crippen LogP contribution in [0.4, 0.5) is 23.1 Å². The molecule has 5 rings (SSSR count). The summed E-state index contributed by atoms with van der Waals surface area (Å²) in [6.45, 7) is 0. The first-order valence-corrected chi connectivity index (χ1v) is 11.4. The molecular weight excluding hydrogens is 457 g/mol. The minimum absolute atomic E-state index is 0.201. The van der Waals surface area contributed by atoms with Crippen molar-refractivity contribution in [1.29, 1.82) is 0 Å². The minimum Gasteiger partial charge on any atom is -0.339 e. The van der Waals surface area contributed by atoms with E-state index in [0.717, 1.165) is 41.9 Å². The number of allylic oxidation sites excluding steroid dienone is 4. The molecule has 0 spiro atoms. The summed E-state index contributed by atoms with van der Waals surface area (Å²) < 4.78 is 0. The van der Waals surface area contributed by atoms with Crippen LogP contribution < -0.4 is 16.0 Å². The van der Waals surface area contributed by atoms with Gasteiger partial charge < -0.3 is 16.0 Å². The quantitative estimate of drug-likeness (QED) is 0.387. The Kier molecular flexibility index (Phi) is 6.03. The number of anilines is 4. The number of aromatic nitrogens is 2. The molecule has 6 bridgehead atoms. The molecule has 2 aromatic carbocycles. The molecule has 1 atom stereocenters. The SMILES string of the molecule is O=C(Nc1ccc2cc1CCC1C=CC=C(C1)Nc1ncc(Cl)c(n1)N2)c1cccc(Cl)c1.